The van der Waals surface area contributed by atoms with Gasteiger partial charge in [-0.05, 0) is 107 Å². The zero-order chi connectivity index (χ0) is 32.7. The Balaban J connectivity index is 2.03. The van der Waals surface area contributed by atoms with E-state index < -0.39 is 0 Å². The standard InChI is InChI=1S/C37H61N3O4/c1-11-43-31-13-12-24-39(25-31)33(38-10)34(41)40(30-20-18-29(19-21-30)37(7,8)9)32(22-23-36(4,5)6)27-14-16-28(17-15-27)35(42)44-26(2)3/h14-17,26,29-32H,11-13,18-25H2,1-10H3/b38-33+/t29?,30?,31?,32-/m1/s1. The van der Waals surface area contributed by atoms with E-state index in [1.165, 1.54) is 0 Å². The van der Waals surface area contributed by atoms with Gasteiger partial charge in [-0.1, -0.05) is 53.7 Å². The van der Waals surface area contributed by atoms with Crippen molar-refractivity contribution in [2.24, 2.45) is 21.7 Å². The summed E-state index contributed by atoms with van der Waals surface area (Å²) in [5.41, 5.74) is 1.95. The number of rotatable bonds is 9. The molecule has 3 rings (SSSR count). The number of aliphatic imine (C=N–C) groups is 1. The highest BCUT2D eigenvalue weighted by Gasteiger charge is 2.40. The van der Waals surface area contributed by atoms with Gasteiger partial charge < -0.3 is 19.3 Å². The molecule has 1 heterocycles. The number of amidine groups is 1. The number of amides is 1. The minimum Gasteiger partial charge on any atom is -0.459 e. The Labute approximate surface area is 268 Å². The first-order valence-corrected chi connectivity index (χ1v) is 17.1. The van der Waals surface area contributed by atoms with Crippen LogP contribution in [0.4, 0.5) is 0 Å². The van der Waals surface area contributed by atoms with Crippen LogP contribution < -0.4 is 0 Å². The van der Waals surface area contributed by atoms with E-state index in [0.29, 0.717) is 30.5 Å². The summed E-state index contributed by atoms with van der Waals surface area (Å²) in [4.78, 5) is 36.6. The molecule has 2 fully saturated rings. The van der Waals surface area contributed by atoms with Crippen molar-refractivity contribution < 1.29 is 19.1 Å². The zero-order valence-electron chi connectivity index (χ0n) is 29.4. The van der Waals surface area contributed by atoms with E-state index >= 15 is 0 Å². The van der Waals surface area contributed by atoms with Gasteiger partial charge in [-0.3, -0.25) is 9.79 Å². The van der Waals surface area contributed by atoms with Gasteiger partial charge in [0, 0.05) is 32.8 Å². The van der Waals surface area contributed by atoms with Gasteiger partial charge in [-0.2, -0.15) is 0 Å². The molecule has 1 aromatic carbocycles. The molecule has 1 saturated heterocycles. The Kier molecular flexibility index (Phi) is 12.9. The van der Waals surface area contributed by atoms with E-state index in [-0.39, 0.29) is 47.0 Å². The second-order valence-corrected chi connectivity index (χ2v) is 15.5. The van der Waals surface area contributed by atoms with Crippen molar-refractivity contribution in [2.75, 3.05) is 26.7 Å². The summed E-state index contributed by atoms with van der Waals surface area (Å²) < 4.78 is 11.4. The van der Waals surface area contributed by atoms with Crippen LogP contribution in [-0.4, -0.2) is 72.5 Å². The fraction of sp³-hybridized carbons (Fsp3) is 0.757. The minimum absolute atomic E-state index is 0.0195. The highest BCUT2D eigenvalue weighted by molar-refractivity contribution is 6.37. The molecule has 0 radical (unpaired) electrons. The highest BCUT2D eigenvalue weighted by atomic mass is 16.5. The van der Waals surface area contributed by atoms with Crippen LogP contribution in [0.5, 0.6) is 0 Å². The average Bonchev–Trinajstić information content (AvgIpc) is 2.95. The highest BCUT2D eigenvalue weighted by Crippen LogP contribution is 2.42. The monoisotopic (exact) mass is 611 g/mol. The van der Waals surface area contributed by atoms with E-state index in [4.69, 9.17) is 9.47 Å². The molecule has 0 aromatic heterocycles. The topological polar surface area (TPSA) is 71.4 Å². The third-order valence-corrected chi connectivity index (χ3v) is 9.41. The van der Waals surface area contributed by atoms with Crippen molar-refractivity contribution in [3.63, 3.8) is 0 Å². The maximum atomic E-state index is 14.9. The molecule has 2 atom stereocenters. The van der Waals surface area contributed by atoms with E-state index in [2.05, 4.69) is 56.3 Å². The molecule has 7 heteroatoms. The molecule has 0 spiro atoms. The van der Waals surface area contributed by atoms with Crippen molar-refractivity contribution in [1.29, 1.82) is 0 Å². The number of benzene rings is 1. The molecule has 1 aliphatic heterocycles. The predicted octanol–water partition coefficient (Wildman–Crippen LogP) is 8.08. The van der Waals surface area contributed by atoms with Crippen molar-refractivity contribution in [3.05, 3.63) is 35.4 Å². The Bertz CT molecular complexity index is 1090. The quantitative estimate of drug-likeness (QED) is 0.160. The van der Waals surface area contributed by atoms with Gasteiger partial charge in [-0.25, -0.2) is 4.79 Å². The number of likely N-dealkylation sites (tertiary alicyclic amines) is 1. The number of esters is 1. The lowest BCUT2D eigenvalue weighted by molar-refractivity contribution is -0.131. The first-order valence-electron chi connectivity index (χ1n) is 17.1. The molecule has 0 N–H and O–H groups in total. The molecule has 7 nitrogen and oxygen atoms in total. The molecular weight excluding hydrogens is 550 g/mol. The van der Waals surface area contributed by atoms with Crippen LogP contribution in [-0.2, 0) is 14.3 Å². The second kappa shape index (κ2) is 15.7. The molecule has 1 amide bonds. The smallest absolute Gasteiger partial charge is 0.338 e. The maximum absolute atomic E-state index is 14.9. The van der Waals surface area contributed by atoms with Crippen LogP contribution in [0.15, 0.2) is 29.3 Å². The SMILES string of the molecule is CCOC1CCCN(/C(=N/C)C(=O)N(C2CCC(C(C)(C)C)CC2)[C@H](CCC(C)(C)C)c2ccc(C(=O)OC(C)C)cc2)C1. The van der Waals surface area contributed by atoms with Gasteiger partial charge in [0.25, 0.3) is 5.91 Å². The number of piperidine rings is 1. The van der Waals surface area contributed by atoms with Crippen LogP contribution in [0.3, 0.4) is 0 Å². The van der Waals surface area contributed by atoms with Gasteiger partial charge >= 0.3 is 5.97 Å². The number of carbonyl (C=O) groups excluding carboxylic acids is 2. The van der Waals surface area contributed by atoms with Crippen LogP contribution >= 0.6 is 0 Å². The van der Waals surface area contributed by atoms with Crippen LogP contribution in [0.25, 0.3) is 0 Å². The molecule has 1 unspecified atom stereocenters. The summed E-state index contributed by atoms with van der Waals surface area (Å²) in [5.74, 6) is 0.889. The molecule has 44 heavy (non-hydrogen) atoms. The fourth-order valence-corrected chi connectivity index (χ4v) is 6.93. The lowest BCUT2D eigenvalue weighted by atomic mass is 9.71. The zero-order valence-corrected chi connectivity index (χ0v) is 29.4. The lowest BCUT2D eigenvalue weighted by Gasteiger charge is -2.45. The molecule has 248 valence electrons. The number of carbonyl (C=O) groups is 2. The summed E-state index contributed by atoms with van der Waals surface area (Å²) in [6.45, 7) is 21.7. The van der Waals surface area contributed by atoms with Crippen molar-refractivity contribution in [3.8, 4) is 0 Å². The fourth-order valence-electron chi connectivity index (χ4n) is 6.93. The largest absolute Gasteiger partial charge is 0.459 e. The van der Waals surface area contributed by atoms with Gasteiger partial charge in [0.05, 0.1) is 23.8 Å². The Morgan fingerprint density at radius 1 is 1.00 bits per heavy atom. The van der Waals surface area contributed by atoms with Gasteiger partial charge in [0.15, 0.2) is 5.84 Å². The Hall–Kier alpha value is -2.41. The summed E-state index contributed by atoms with van der Waals surface area (Å²) in [7, 11) is 1.76. The number of ether oxygens (including phenoxy) is 2. The first-order chi connectivity index (χ1) is 20.6. The van der Waals surface area contributed by atoms with E-state index in [0.717, 1.165) is 63.5 Å². The second-order valence-electron chi connectivity index (χ2n) is 15.5. The maximum Gasteiger partial charge on any atom is 0.338 e. The minimum atomic E-state index is -0.319. The number of hydrogen-bond donors (Lipinski definition) is 0. The van der Waals surface area contributed by atoms with E-state index in [1.54, 1.807) is 7.05 Å². The average molecular weight is 612 g/mol. The summed E-state index contributed by atoms with van der Waals surface area (Å²) in [5, 5.41) is 0. The van der Waals surface area contributed by atoms with Crippen LogP contribution in [0, 0.1) is 16.7 Å². The van der Waals surface area contributed by atoms with Crippen molar-refractivity contribution >= 4 is 17.7 Å². The van der Waals surface area contributed by atoms with Crippen molar-refractivity contribution in [2.45, 2.75) is 138 Å². The third-order valence-electron chi connectivity index (χ3n) is 9.41. The lowest BCUT2D eigenvalue weighted by Crippen LogP contribution is -2.54. The van der Waals surface area contributed by atoms with Crippen LogP contribution in [0.1, 0.15) is 136 Å². The van der Waals surface area contributed by atoms with Crippen LogP contribution in [0.2, 0.25) is 0 Å². The van der Waals surface area contributed by atoms with Crippen molar-refractivity contribution in [1.82, 2.24) is 9.80 Å². The normalized spacial score (nSPS) is 22.6. The molecule has 2 aliphatic rings. The first kappa shape index (κ1) is 36.1. The van der Waals surface area contributed by atoms with E-state index in [9.17, 15) is 9.59 Å². The number of hydrogen-bond acceptors (Lipinski definition) is 5. The van der Waals surface area contributed by atoms with E-state index in [1.807, 2.05) is 45.0 Å². The summed E-state index contributed by atoms with van der Waals surface area (Å²) >= 11 is 0. The van der Waals surface area contributed by atoms with Gasteiger partial charge in [0.2, 0.25) is 0 Å². The summed E-state index contributed by atoms with van der Waals surface area (Å²) in [6, 6.07) is 7.77. The van der Waals surface area contributed by atoms with Gasteiger partial charge in [-0.15, -0.1) is 0 Å². The summed E-state index contributed by atoms with van der Waals surface area (Å²) in [6.07, 6.45) is 7.91. The molecule has 0 bridgehead atoms. The third kappa shape index (κ3) is 10.1. The molecule has 1 aliphatic carbocycles. The number of nitrogens with zero attached hydrogens (tertiary/aromatic N) is 3. The Morgan fingerprint density at radius 3 is 2.16 bits per heavy atom. The molecule has 1 aromatic rings. The Morgan fingerprint density at radius 2 is 1.64 bits per heavy atom. The predicted molar refractivity (Wildman–Crippen MR) is 180 cm³/mol. The molecular formula is C37H61N3O4. The van der Waals surface area contributed by atoms with Gasteiger partial charge in [0.1, 0.15) is 0 Å². The molecule has 1 saturated carbocycles.